The first-order chi connectivity index (χ1) is 13.7. The molecule has 2 aromatic heterocycles. The van der Waals surface area contributed by atoms with Crippen molar-refractivity contribution >= 4 is 55.6 Å². The van der Waals surface area contributed by atoms with Gasteiger partial charge in [0, 0.05) is 24.0 Å². The number of thioether (sulfide) groups is 1. The number of carbonyl (C=O) groups excluding carboxylic acids is 1. The highest BCUT2D eigenvalue weighted by atomic mass is 32.2. The number of carbonyl (C=O) groups is 1. The van der Waals surface area contributed by atoms with Crippen molar-refractivity contribution in [1.82, 2.24) is 9.27 Å². The van der Waals surface area contributed by atoms with Gasteiger partial charge >= 0.3 is 0 Å². The normalized spacial score (nSPS) is 15.9. The van der Waals surface area contributed by atoms with Gasteiger partial charge in [-0.15, -0.1) is 23.1 Å². The van der Waals surface area contributed by atoms with Crippen molar-refractivity contribution in [2.24, 2.45) is 0 Å². The molecule has 0 atom stereocenters. The van der Waals surface area contributed by atoms with Gasteiger partial charge in [0.1, 0.15) is 0 Å². The fraction of sp³-hybridized carbons (Fsp3) is 0.429. The summed E-state index contributed by atoms with van der Waals surface area (Å²) < 4.78 is 7.36. The standard InChI is InChI=1S/C21H25N3OS3/c1-15(25)22-19-7-8-20(27-19)26-14-4-11-24-12-9-16(10-13-24)21-17-5-2-3-6-18(17)28-23-21/h2-3,5-8,16H,4,9-14H2,1H3,(H,22,25). The minimum Gasteiger partial charge on any atom is -0.318 e. The molecule has 28 heavy (non-hydrogen) atoms. The van der Waals surface area contributed by atoms with Crippen molar-refractivity contribution in [2.45, 2.75) is 36.3 Å². The summed E-state index contributed by atoms with van der Waals surface area (Å²) in [4.78, 5) is 13.7. The molecule has 0 unspecified atom stereocenters. The fourth-order valence-corrected chi connectivity index (χ4v) is 6.66. The van der Waals surface area contributed by atoms with E-state index in [0.717, 1.165) is 10.8 Å². The molecule has 1 saturated heterocycles. The molecule has 0 bridgehead atoms. The van der Waals surface area contributed by atoms with Crippen LogP contribution in [0.2, 0.25) is 0 Å². The average Bonchev–Trinajstić information content (AvgIpc) is 3.32. The molecule has 1 N–H and O–H groups in total. The van der Waals surface area contributed by atoms with Gasteiger partial charge in [-0.25, -0.2) is 0 Å². The Labute approximate surface area is 178 Å². The number of hydrogen-bond acceptors (Lipinski definition) is 6. The molecular weight excluding hydrogens is 406 g/mol. The fourth-order valence-electron chi connectivity index (χ4n) is 3.73. The van der Waals surface area contributed by atoms with Crippen molar-refractivity contribution in [3.05, 3.63) is 42.1 Å². The smallest absolute Gasteiger partial charge is 0.221 e. The number of thiophene rings is 1. The molecule has 3 aromatic rings. The van der Waals surface area contributed by atoms with Crippen LogP contribution in [0.5, 0.6) is 0 Å². The summed E-state index contributed by atoms with van der Waals surface area (Å²) in [6.07, 6.45) is 3.63. The summed E-state index contributed by atoms with van der Waals surface area (Å²) in [7, 11) is 0. The van der Waals surface area contributed by atoms with Crippen molar-refractivity contribution < 1.29 is 4.79 Å². The predicted octanol–water partition coefficient (Wildman–Crippen LogP) is 5.68. The third-order valence-corrected chi connectivity index (χ3v) is 8.28. The lowest BCUT2D eigenvalue weighted by Crippen LogP contribution is -2.34. The van der Waals surface area contributed by atoms with Crippen LogP contribution < -0.4 is 5.32 Å². The number of likely N-dealkylation sites (tertiary alicyclic amines) is 1. The first-order valence-electron chi connectivity index (χ1n) is 9.76. The highest BCUT2D eigenvalue weighted by molar-refractivity contribution is 8.01. The highest BCUT2D eigenvalue weighted by Gasteiger charge is 2.23. The Balaban J connectivity index is 1.19. The number of aromatic nitrogens is 1. The van der Waals surface area contributed by atoms with Gasteiger partial charge in [0.2, 0.25) is 5.91 Å². The minimum atomic E-state index is -0.00699. The first kappa shape index (κ1) is 19.9. The number of nitrogens with zero attached hydrogens (tertiary/aromatic N) is 2. The van der Waals surface area contributed by atoms with E-state index in [9.17, 15) is 4.79 Å². The number of amides is 1. The van der Waals surface area contributed by atoms with Crippen molar-refractivity contribution in [1.29, 1.82) is 0 Å². The van der Waals surface area contributed by atoms with Gasteiger partial charge in [-0.05, 0) is 68.6 Å². The maximum Gasteiger partial charge on any atom is 0.221 e. The molecule has 1 aromatic carbocycles. The van der Waals surface area contributed by atoms with E-state index in [1.54, 1.807) is 29.8 Å². The molecule has 1 aliphatic rings. The van der Waals surface area contributed by atoms with Crippen LogP contribution in [0.1, 0.15) is 37.8 Å². The quantitative estimate of drug-likeness (QED) is 0.386. The zero-order valence-electron chi connectivity index (χ0n) is 16.0. The SMILES string of the molecule is CC(=O)Nc1ccc(SCCCN2CCC(c3nsc4ccccc34)CC2)s1. The van der Waals surface area contributed by atoms with Gasteiger partial charge in [0.05, 0.1) is 19.6 Å². The Bertz CT molecular complexity index is 928. The van der Waals surface area contributed by atoms with E-state index in [0.29, 0.717) is 5.92 Å². The summed E-state index contributed by atoms with van der Waals surface area (Å²) in [5.74, 6) is 1.73. The summed E-state index contributed by atoms with van der Waals surface area (Å²) >= 11 is 5.19. The lowest BCUT2D eigenvalue weighted by atomic mass is 9.91. The van der Waals surface area contributed by atoms with Gasteiger partial charge in [-0.3, -0.25) is 4.79 Å². The summed E-state index contributed by atoms with van der Waals surface area (Å²) in [6.45, 7) is 5.06. The molecule has 1 amide bonds. The van der Waals surface area contributed by atoms with Gasteiger partial charge < -0.3 is 10.2 Å². The third kappa shape index (κ3) is 4.95. The number of rotatable bonds is 7. The van der Waals surface area contributed by atoms with Gasteiger partial charge in [-0.2, -0.15) is 4.37 Å². The summed E-state index contributed by atoms with van der Waals surface area (Å²) in [6, 6.07) is 12.7. The van der Waals surface area contributed by atoms with Crippen molar-refractivity contribution in [3.63, 3.8) is 0 Å². The van der Waals surface area contributed by atoms with Crippen molar-refractivity contribution in [2.75, 3.05) is 30.7 Å². The molecule has 1 aliphatic heterocycles. The van der Waals surface area contributed by atoms with Gasteiger partial charge in [0.15, 0.2) is 0 Å². The number of anilines is 1. The number of piperidine rings is 1. The van der Waals surface area contributed by atoms with E-state index in [4.69, 9.17) is 4.37 Å². The maximum atomic E-state index is 11.1. The monoisotopic (exact) mass is 431 g/mol. The lowest BCUT2D eigenvalue weighted by Gasteiger charge is -2.31. The van der Waals surface area contributed by atoms with Gasteiger partial charge in [-0.1, -0.05) is 18.2 Å². The van der Waals surface area contributed by atoms with Crippen LogP contribution in [-0.2, 0) is 4.79 Å². The second-order valence-corrected chi connectivity index (χ2v) is 10.5. The molecule has 4 rings (SSSR count). The summed E-state index contributed by atoms with van der Waals surface area (Å²) in [5, 5.41) is 5.14. The molecule has 0 saturated carbocycles. The van der Waals surface area contributed by atoms with Crippen LogP contribution in [0.3, 0.4) is 0 Å². The topological polar surface area (TPSA) is 45.2 Å². The molecule has 7 heteroatoms. The first-order valence-corrected chi connectivity index (χ1v) is 12.3. The zero-order valence-corrected chi connectivity index (χ0v) is 18.5. The van der Waals surface area contributed by atoms with E-state index in [2.05, 4.69) is 40.5 Å². The largest absolute Gasteiger partial charge is 0.318 e. The molecule has 0 aliphatic carbocycles. The Morgan fingerprint density at radius 2 is 2.07 bits per heavy atom. The second-order valence-electron chi connectivity index (χ2n) is 7.18. The maximum absolute atomic E-state index is 11.1. The number of benzene rings is 1. The molecule has 0 radical (unpaired) electrons. The van der Waals surface area contributed by atoms with Crippen LogP contribution in [0, 0.1) is 0 Å². The van der Waals surface area contributed by atoms with E-state index >= 15 is 0 Å². The number of hydrogen-bond donors (Lipinski definition) is 1. The molecule has 148 valence electrons. The van der Waals surface area contributed by atoms with E-state index in [1.807, 2.05) is 17.8 Å². The average molecular weight is 432 g/mol. The van der Waals surface area contributed by atoms with Crippen LogP contribution in [0.25, 0.3) is 10.1 Å². The second kappa shape index (κ2) is 9.39. The zero-order chi connectivity index (χ0) is 19.3. The predicted molar refractivity (Wildman–Crippen MR) is 122 cm³/mol. The molecule has 1 fully saturated rings. The third-order valence-electron chi connectivity index (χ3n) is 5.12. The van der Waals surface area contributed by atoms with E-state index in [1.165, 1.54) is 58.9 Å². The van der Waals surface area contributed by atoms with E-state index in [-0.39, 0.29) is 5.91 Å². The Hall–Kier alpha value is -1.41. The van der Waals surface area contributed by atoms with E-state index < -0.39 is 0 Å². The summed E-state index contributed by atoms with van der Waals surface area (Å²) in [5.41, 5.74) is 1.32. The minimum absolute atomic E-state index is 0.00699. The molecule has 4 nitrogen and oxygen atoms in total. The number of nitrogens with one attached hydrogen (secondary N) is 1. The Morgan fingerprint density at radius 1 is 1.25 bits per heavy atom. The van der Waals surface area contributed by atoms with Gasteiger partial charge in [0.25, 0.3) is 0 Å². The van der Waals surface area contributed by atoms with Crippen LogP contribution in [-0.4, -0.2) is 40.6 Å². The van der Waals surface area contributed by atoms with Crippen LogP contribution >= 0.6 is 34.6 Å². The van der Waals surface area contributed by atoms with Crippen LogP contribution in [0.15, 0.2) is 40.6 Å². The number of fused-ring (bicyclic) bond motifs is 1. The Kier molecular flexibility index (Phi) is 6.67. The highest BCUT2D eigenvalue weighted by Crippen LogP contribution is 2.34. The lowest BCUT2D eigenvalue weighted by molar-refractivity contribution is -0.114. The molecular formula is C21H25N3OS3. The molecule has 3 heterocycles. The molecule has 0 spiro atoms. The van der Waals surface area contributed by atoms with Crippen molar-refractivity contribution in [3.8, 4) is 0 Å². The Morgan fingerprint density at radius 3 is 2.89 bits per heavy atom. The van der Waals surface area contributed by atoms with Crippen LogP contribution in [0.4, 0.5) is 5.00 Å².